The first-order chi connectivity index (χ1) is 8.27. The number of carbonyl (C=O) groups is 1. The molecule has 1 fully saturated rings. The molecule has 1 aliphatic carbocycles. The lowest BCUT2D eigenvalue weighted by Crippen LogP contribution is -2.43. The number of nitrogens with one attached hydrogen (secondary N) is 2. The van der Waals surface area contributed by atoms with Crippen LogP contribution in [0.4, 0.5) is 0 Å². The van der Waals surface area contributed by atoms with Gasteiger partial charge in [-0.25, -0.2) is 0 Å². The fraction of sp³-hybridized carbons (Fsp3) is 0.786. The number of carbonyl (C=O) groups excluding carboxylic acids is 1. The van der Waals surface area contributed by atoms with E-state index in [1.165, 1.54) is 31.3 Å². The van der Waals surface area contributed by atoms with Crippen molar-refractivity contribution in [1.29, 1.82) is 0 Å². The Morgan fingerprint density at radius 2 is 2.41 bits per heavy atom. The molecule has 0 saturated carbocycles. The Morgan fingerprint density at radius 3 is 3.06 bits per heavy atom. The van der Waals surface area contributed by atoms with Gasteiger partial charge in [0.15, 0.2) is 0 Å². The molecule has 2 unspecified atom stereocenters. The third-order valence-electron chi connectivity index (χ3n) is 3.95. The van der Waals surface area contributed by atoms with Gasteiger partial charge in [0.1, 0.15) is 0 Å². The lowest BCUT2D eigenvalue weighted by atomic mass is 9.97. The van der Waals surface area contributed by atoms with E-state index in [1.54, 1.807) is 0 Å². The summed E-state index contributed by atoms with van der Waals surface area (Å²) in [5, 5.41) is 6.33. The van der Waals surface area contributed by atoms with E-state index in [9.17, 15) is 4.79 Å². The maximum Gasteiger partial charge on any atom is 0.237 e. The summed E-state index contributed by atoms with van der Waals surface area (Å²) >= 11 is 0. The first-order valence-electron chi connectivity index (χ1n) is 6.96. The molecule has 0 radical (unpaired) electrons. The fourth-order valence-electron chi connectivity index (χ4n) is 2.77. The van der Waals surface area contributed by atoms with Crippen LogP contribution in [0.1, 0.15) is 45.4 Å². The summed E-state index contributed by atoms with van der Waals surface area (Å²) in [6.07, 6.45) is 9.61. The first-order valence-corrected chi connectivity index (χ1v) is 6.96. The van der Waals surface area contributed by atoms with E-state index >= 15 is 0 Å². The standard InChI is InChI=1S/C14H24N2O/c1-11-7-9-15-13(11)14(17)16-10-8-12-5-3-2-4-6-12/h5,11,13,15H,2-4,6-10H2,1H3,(H,16,17). The second kappa shape index (κ2) is 6.20. The summed E-state index contributed by atoms with van der Waals surface area (Å²) in [6, 6.07) is 0.0373. The van der Waals surface area contributed by atoms with Crippen LogP contribution in [0.15, 0.2) is 11.6 Å². The second-order valence-electron chi connectivity index (χ2n) is 5.35. The second-order valence-corrected chi connectivity index (χ2v) is 5.35. The molecule has 17 heavy (non-hydrogen) atoms. The van der Waals surface area contributed by atoms with E-state index in [1.807, 2.05) is 0 Å². The molecule has 0 aromatic rings. The van der Waals surface area contributed by atoms with Crippen LogP contribution in [-0.4, -0.2) is 25.0 Å². The maximum atomic E-state index is 11.9. The van der Waals surface area contributed by atoms with Gasteiger partial charge in [-0.05, 0) is 51.0 Å². The molecule has 1 amide bonds. The number of allylic oxidation sites excluding steroid dienone is 1. The molecule has 1 heterocycles. The Kier molecular flexibility index (Phi) is 4.60. The number of rotatable bonds is 4. The SMILES string of the molecule is CC1CCNC1C(=O)NCCC1=CCCCC1. The topological polar surface area (TPSA) is 41.1 Å². The minimum absolute atomic E-state index is 0.0373. The Bertz CT molecular complexity index is 299. The zero-order valence-corrected chi connectivity index (χ0v) is 10.8. The monoisotopic (exact) mass is 236 g/mol. The highest BCUT2D eigenvalue weighted by molar-refractivity contribution is 5.82. The Morgan fingerprint density at radius 1 is 1.53 bits per heavy atom. The highest BCUT2D eigenvalue weighted by atomic mass is 16.2. The van der Waals surface area contributed by atoms with Crippen molar-refractivity contribution < 1.29 is 4.79 Å². The summed E-state index contributed by atoms with van der Waals surface area (Å²) < 4.78 is 0. The molecule has 3 nitrogen and oxygen atoms in total. The van der Waals surface area contributed by atoms with Gasteiger partial charge in [0, 0.05) is 6.54 Å². The maximum absolute atomic E-state index is 11.9. The molecule has 0 aromatic heterocycles. The van der Waals surface area contributed by atoms with Crippen molar-refractivity contribution >= 4 is 5.91 Å². The quantitative estimate of drug-likeness (QED) is 0.733. The molecule has 1 saturated heterocycles. The van der Waals surface area contributed by atoms with Gasteiger partial charge in [0.05, 0.1) is 6.04 Å². The molecule has 2 atom stereocenters. The van der Waals surface area contributed by atoms with Gasteiger partial charge in [-0.2, -0.15) is 0 Å². The molecule has 2 N–H and O–H groups in total. The van der Waals surface area contributed by atoms with Crippen molar-refractivity contribution in [3.05, 3.63) is 11.6 Å². The smallest absolute Gasteiger partial charge is 0.237 e. The van der Waals surface area contributed by atoms with Gasteiger partial charge < -0.3 is 10.6 Å². The molecule has 2 rings (SSSR count). The van der Waals surface area contributed by atoms with E-state index in [2.05, 4.69) is 23.6 Å². The number of amides is 1. The third kappa shape index (κ3) is 3.56. The van der Waals surface area contributed by atoms with Crippen molar-refractivity contribution in [2.45, 2.75) is 51.5 Å². The predicted octanol–water partition coefficient (Wildman–Crippen LogP) is 1.99. The van der Waals surface area contributed by atoms with Crippen LogP contribution in [0.3, 0.4) is 0 Å². The van der Waals surface area contributed by atoms with Crippen LogP contribution < -0.4 is 10.6 Å². The van der Waals surface area contributed by atoms with Crippen molar-refractivity contribution in [3.8, 4) is 0 Å². The van der Waals surface area contributed by atoms with E-state index < -0.39 is 0 Å². The molecular weight excluding hydrogens is 212 g/mol. The van der Waals surface area contributed by atoms with Crippen molar-refractivity contribution in [3.63, 3.8) is 0 Å². The van der Waals surface area contributed by atoms with Gasteiger partial charge in [-0.1, -0.05) is 18.6 Å². The summed E-state index contributed by atoms with van der Waals surface area (Å²) in [5.41, 5.74) is 1.53. The van der Waals surface area contributed by atoms with Crippen LogP contribution in [0, 0.1) is 5.92 Å². The Balaban J connectivity index is 1.67. The molecule has 0 bridgehead atoms. The lowest BCUT2D eigenvalue weighted by Gasteiger charge is -2.17. The van der Waals surface area contributed by atoms with Crippen LogP contribution in [0.2, 0.25) is 0 Å². The third-order valence-corrected chi connectivity index (χ3v) is 3.95. The zero-order chi connectivity index (χ0) is 12.1. The molecule has 3 heteroatoms. The van der Waals surface area contributed by atoms with Gasteiger partial charge in [0.25, 0.3) is 0 Å². The van der Waals surface area contributed by atoms with Gasteiger partial charge in [0.2, 0.25) is 5.91 Å². The van der Waals surface area contributed by atoms with E-state index in [4.69, 9.17) is 0 Å². The minimum Gasteiger partial charge on any atom is -0.354 e. The average molecular weight is 236 g/mol. The molecule has 96 valence electrons. The first kappa shape index (κ1) is 12.6. The molecule has 2 aliphatic rings. The summed E-state index contributed by atoms with van der Waals surface area (Å²) in [6.45, 7) is 3.92. The van der Waals surface area contributed by atoms with Crippen LogP contribution in [0.25, 0.3) is 0 Å². The fourth-order valence-corrected chi connectivity index (χ4v) is 2.77. The van der Waals surface area contributed by atoms with Gasteiger partial charge in [-0.15, -0.1) is 0 Å². The highest BCUT2D eigenvalue weighted by Crippen LogP contribution is 2.19. The van der Waals surface area contributed by atoms with Crippen molar-refractivity contribution in [2.24, 2.45) is 5.92 Å². The predicted molar refractivity (Wildman–Crippen MR) is 69.7 cm³/mol. The van der Waals surface area contributed by atoms with E-state index in [0.717, 1.165) is 25.9 Å². The van der Waals surface area contributed by atoms with Crippen LogP contribution in [0.5, 0.6) is 0 Å². The minimum atomic E-state index is 0.0373. The molecule has 0 aromatic carbocycles. The Labute approximate surface area is 104 Å². The number of hydrogen-bond donors (Lipinski definition) is 2. The van der Waals surface area contributed by atoms with E-state index in [0.29, 0.717) is 5.92 Å². The Hall–Kier alpha value is -0.830. The molecule has 1 aliphatic heterocycles. The van der Waals surface area contributed by atoms with Crippen molar-refractivity contribution in [2.75, 3.05) is 13.1 Å². The van der Waals surface area contributed by atoms with Crippen LogP contribution in [-0.2, 0) is 4.79 Å². The normalized spacial score (nSPS) is 28.9. The van der Waals surface area contributed by atoms with E-state index in [-0.39, 0.29) is 11.9 Å². The zero-order valence-electron chi connectivity index (χ0n) is 10.8. The summed E-state index contributed by atoms with van der Waals surface area (Å²) in [4.78, 5) is 11.9. The van der Waals surface area contributed by atoms with Crippen LogP contribution >= 0.6 is 0 Å². The summed E-state index contributed by atoms with van der Waals surface area (Å²) in [7, 11) is 0. The van der Waals surface area contributed by atoms with Crippen molar-refractivity contribution in [1.82, 2.24) is 10.6 Å². The largest absolute Gasteiger partial charge is 0.354 e. The number of hydrogen-bond acceptors (Lipinski definition) is 2. The summed E-state index contributed by atoms with van der Waals surface area (Å²) in [5.74, 6) is 0.662. The molecule has 0 spiro atoms. The molecular formula is C14H24N2O. The lowest BCUT2D eigenvalue weighted by molar-refractivity contribution is -0.123. The average Bonchev–Trinajstić information content (AvgIpc) is 2.77. The highest BCUT2D eigenvalue weighted by Gasteiger charge is 2.28. The van der Waals surface area contributed by atoms with Gasteiger partial charge in [-0.3, -0.25) is 4.79 Å². The van der Waals surface area contributed by atoms with Gasteiger partial charge >= 0.3 is 0 Å².